The Morgan fingerprint density at radius 3 is 2.33 bits per heavy atom. The van der Waals surface area contributed by atoms with Crippen molar-refractivity contribution in [1.82, 2.24) is 0 Å². The van der Waals surface area contributed by atoms with Crippen LogP contribution in [0.4, 0.5) is 5.69 Å². The number of para-hydroxylation sites is 1. The average molecular weight is 247 g/mol. The van der Waals surface area contributed by atoms with Crippen molar-refractivity contribution < 1.29 is 9.69 Å². The predicted molar refractivity (Wildman–Crippen MR) is 73.9 cm³/mol. The summed E-state index contributed by atoms with van der Waals surface area (Å²) in [5.74, 6) is 0.143. The molecule has 0 aromatic heterocycles. The maximum Gasteiger partial charge on any atom is 0.282 e. The van der Waals surface area contributed by atoms with Crippen LogP contribution in [0, 0.1) is 13.8 Å². The molecule has 1 amide bonds. The molecule has 18 heavy (non-hydrogen) atoms. The molecule has 1 aliphatic rings. The van der Waals surface area contributed by atoms with Crippen molar-refractivity contribution in [3.8, 4) is 0 Å². The first-order valence-corrected chi connectivity index (χ1v) is 6.81. The zero-order valence-electron chi connectivity index (χ0n) is 11.5. The Bertz CT molecular complexity index is 416. The molecule has 1 atom stereocenters. The first kappa shape index (κ1) is 13.1. The number of quaternary nitrogens is 1. The molecule has 0 spiro atoms. The maximum absolute atomic E-state index is 12.3. The summed E-state index contributed by atoms with van der Waals surface area (Å²) in [5, 5.41) is 3.10. The minimum Gasteiger partial charge on any atom is -0.325 e. The SMILES string of the molecule is Cc1cccc(C)c1NC(=O)[C@H](C)[NH+]1CCCC1. The topological polar surface area (TPSA) is 33.5 Å². The molecule has 3 heteroatoms. The van der Waals surface area contributed by atoms with E-state index >= 15 is 0 Å². The molecule has 1 fully saturated rings. The second-order valence-electron chi connectivity index (χ2n) is 5.34. The maximum atomic E-state index is 12.3. The fraction of sp³-hybridized carbons (Fsp3) is 0.533. The molecule has 1 saturated heterocycles. The third-order valence-electron chi connectivity index (χ3n) is 3.98. The summed E-state index contributed by atoms with van der Waals surface area (Å²) in [4.78, 5) is 13.7. The van der Waals surface area contributed by atoms with Gasteiger partial charge in [0.1, 0.15) is 0 Å². The lowest BCUT2D eigenvalue weighted by Gasteiger charge is -2.21. The van der Waals surface area contributed by atoms with E-state index in [1.807, 2.05) is 39.0 Å². The van der Waals surface area contributed by atoms with Crippen molar-refractivity contribution in [2.45, 2.75) is 39.7 Å². The van der Waals surface area contributed by atoms with E-state index < -0.39 is 0 Å². The largest absolute Gasteiger partial charge is 0.325 e. The molecule has 0 bridgehead atoms. The van der Waals surface area contributed by atoms with E-state index in [0.717, 1.165) is 29.9 Å². The van der Waals surface area contributed by atoms with Crippen LogP contribution < -0.4 is 10.2 Å². The smallest absolute Gasteiger partial charge is 0.282 e. The summed E-state index contributed by atoms with van der Waals surface area (Å²) < 4.78 is 0. The second-order valence-corrected chi connectivity index (χ2v) is 5.34. The fourth-order valence-corrected chi connectivity index (χ4v) is 2.69. The molecular formula is C15H23N2O+. The van der Waals surface area contributed by atoms with E-state index in [-0.39, 0.29) is 11.9 Å². The number of anilines is 1. The van der Waals surface area contributed by atoms with Crippen molar-refractivity contribution in [2.24, 2.45) is 0 Å². The van der Waals surface area contributed by atoms with E-state index in [4.69, 9.17) is 0 Å². The molecule has 0 aliphatic carbocycles. The number of benzene rings is 1. The van der Waals surface area contributed by atoms with Gasteiger partial charge in [0.25, 0.3) is 5.91 Å². The number of rotatable bonds is 3. The molecule has 3 nitrogen and oxygen atoms in total. The number of aryl methyl sites for hydroxylation is 2. The zero-order valence-corrected chi connectivity index (χ0v) is 11.5. The van der Waals surface area contributed by atoms with Crippen molar-refractivity contribution in [3.63, 3.8) is 0 Å². The number of nitrogens with one attached hydrogen (secondary N) is 2. The summed E-state index contributed by atoms with van der Waals surface area (Å²) in [6, 6.07) is 6.15. The number of hydrogen-bond acceptors (Lipinski definition) is 1. The highest BCUT2D eigenvalue weighted by atomic mass is 16.2. The highest BCUT2D eigenvalue weighted by Crippen LogP contribution is 2.19. The number of carbonyl (C=O) groups excluding carboxylic acids is 1. The first-order valence-electron chi connectivity index (χ1n) is 6.81. The molecule has 1 aliphatic heterocycles. The monoisotopic (exact) mass is 247 g/mol. The lowest BCUT2D eigenvalue weighted by molar-refractivity contribution is -0.901. The Morgan fingerprint density at radius 2 is 1.78 bits per heavy atom. The van der Waals surface area contributed by atoms with Gasteiger partial charge in [-0.05, 0) is 31.9 Å². The highest BCUT2D eigenvalue weighted by Gasteiger charge is 2.28. The number of hydrogen-bond donors (Lipinski definition) is 2. The minimum absolute atomic E-state index is 0.0477. The molecule has 1 heterocycles. The van der Waals surface area contributed by atoms with E-state index in [9.17, 15) is 4.79 Å². The molecule has 0 radical (unpaired) electrons. The summed E-state index contributed by atoms with van der Waals surface area (Å²) in [5.41, 5.74) is 3.24. The normalized spacial score (nSPS) is 17.7. The Balaban J connectivity index is 2.06. The van der Waals surface area contributed by atoms with Gasteiger partial charge in [0, 0.05) is 18.5 Å². The zero-order chi connectivity index (χ0) is 13.1. The average Bonchev–Trinajstić information content (AvgIpc) is 2.86. The van der Waals surface area contributed by atoms with Crippen molar-refractivity contribution in [2.75, 3.05) is 18.4 Å². The van der Waals surface area contributed by atoms with Gasteiger partial charge in [-0.2, -0.15) is 0 Å². The van der Waals surface area contributed by atoms with Gasteiger partial charge in [-0.25, -0.2) is 0 Å². The van der Waals surface area contributed by atoms with Gasteiger partial charge in [-0.15, -0.1) is 0 Å². The first-order chi connectivity index (χ1) is 8.59. The van der Waals surface area contributed by atoms with Crippen LogP contribution in [-0.4, -0.2) is 25.0 Å². The molecule has 0 unspecified atom stereocenters. The van der Waals surface area contributed by atoms with Crippen LogP contribution >= 0.6 is 0 Å². The van der Waals surface area contributed by atoms with Crippen molar-refractivity contribution in [1.29, 1.82) is 0 Å². The Kier molecular flexibility index (Phi) is 4.02. The van der Waals surface area contributed by atoms with Gasteiger partial charge < -0.3 is 10.2 Å². The summed E-state index contributed by atoms with van der Waals surface area (Å²) in [6.07, 6.45) is 2.49. The molecule has 2 N–H and O–H groups in total. The summed E-state index contributed by atoms with van der Waals surface area (Å²) in [7, 11) is 0. The van der Waals surface area contributed by atoms with Crippen LogP contribution in [-0.2, 0) is 4.79 Å². The van der Waals surface area contributed by atoms with Gasteiger partial charge in [-0.3, -0.25) is 4.79 Å². The van der Waals surface area contributed by atoms with Gasteiger partial charge in [0.15, 0.2) is 6.04 Å². The lowest BCUT2D eigenvalue weighted by Crippen LogP contribution is -3.14. The number of carbonyl (C=O) groups is 1. The van der Waals surface area contributed by atoms with Crippen molar-refractivity contribution in [3.05, 3.63) is 29.3 Å². The summed E-state index contributed by atoms with van der Waals surface area (Å²) in [6.45, 7) is 8.36. The standard InChI is InChI=1S/C15H22N2O/c1-11-7-6-8-12(2)14(11)16-15(18)13(3)17-9-4-5-10-17/h6-8,13H,4-5,9-10H2,1-3H3,(H,16,18)/p+1/t13-/m0/s1. The van der Waals surface area contributed by atoms with E-state index in [1.54, 1.807) is 0 Å². The Hall–Kier alpha value is -1.35. The van der Waals surface area contributed by atoms with Crippen LogP contribution in [0.3, 0.4) is 0 Å². The highest BCUT2D eigenvalue weighted by molar-refractivity contribution is 5.95. The number of amides is 1. The van der Waals surface area contributed by atoms with Gasteiger partial charge >= 0.3 is 0 Å². The van der Waals surface area contributed by atoms with E-state index in [0.29, 0.717) is 0 Å². The predicted octanol–water partition coefficient (Wildman–Crippen LogP) is 1.31. The summed E-state index contributed by atoms with van der Waals surface area (Å²) >= 11 is 0. The van der Waals surface area contributed by atoms with Crippen LogP contribution in [0.1, 0.15) is 30.9 Å². The van der Waals surface area contributed by atoms with Gasteiger partial charge in [-0.1, -0.05) is 18.2 Å². The molecule has 1 aromatic rings. The molecule has 0 saturated carbocycles. The molecular weight excluding hydrogens is 224 g/mol. The van der Waals surface area contributed by atoms with E-state index in [1.165, 1.54) is 17.7 Å². The number of likely N-dealkylation sites (tertiary alicyclic amines) is 1. The van der Waals surface area contributed by atoms with Crippen LogP contribution in [0.25, 0.3) is 0 Å². The molecule has 2 rings (SSSR count). The third-order valence-corrected chi connectivity index (χ3v) is 3.98. The van der Waals surface area contributed by atoms with Crippen LogP contribution in [0.15, 0.2) is 18.2 Å². The Morgan fingerprint density at radius 1 is 1.22 bits per heavy atom. The van der Waals surface area contributed by atoms with Gasteiger partial charge in [0.05, 0.1) is 13.1 Å². The van der Waals surface area contributed by atoms with Gasteiger partial charge in [0.2, 0.25) is 0 Å². The Labute approximate surface area is 109 Å². The van der Waals surface area contributed by atoms with Crippen LogP contribution in [0.5, 0.6) is 0 Å². The molecule has 1 aromatic carbocycles. The minimum atomic E-state index is 0.0477. The lowest BCUT2D eigenvalue weighted by atomic mass is 10.1. The fourth-order valence-electron chi connectivity index (χ4n) is 2.69. The third kappa shape index (κ3) is 2.72. The quantitative estimate of drug-likeness (QED) is 0.829. The van der Waals surface area contributed by atoms with Crippen molar-refractivity contribution >= 4 is 11.6 Å². The van der Waals surface area contributed by atoms with Crippen LogP contribution in [0.2, 0.25) is 0 Å². The molecule has 98 valence electrons. The second kappa shape index (κ2) is 5.53. The van der Waals surface area contributed by atoms with E-state index in [2.05, 4.69) is 5.32 Å².